The Balaban J connectivity index is 2.60. The lowest BCUT2D eigenvalue weighted by atomic mass is 9.79. The molecular formula is C18H32O4. The third-order valence-corrected chi connectivity index (χ3v) is 5.04. The molecule has 4 nitrogen and oxygen atoms in total. The molecule has 22 heavy (non-hydrogen) atoms. The molecule has 0 aromatic rings. The number of unbranched alkanes of at least 4 members (excludes halogenated alkanes) is 3. The van der Waals surface area contributed by atoms with E-state index < -0.39 is 23.4 Å². The topological polar surface area (TPSA) is 63.6 Å². The molecule has 128 valence electrons. The Labute approximate surface area is 134 Å². The normalized spacial score (nSPS) is 24.5. The maximum Gasteiger partial charge on any atom is 0.310 e. The number of rotatable bonds is 9. The molecule has 1 aliphatic carbocycles. The number of carboxylic acid groups (broad SMARTS) is 1. The molecule has 0 spiro atoms. The van der Waals surface area contributed by atoms with Gasteiger partial charge in [0.1, 0.15) is 5.60 Å². The number of aliphatic carboxylic acids is 1. The van der Waals surface area contributed by atoms with E-state index in [0.717, 1.165) is 38.5 Å². The molecule has 4 heteroatoms. The summed E-state index contributed by atoms with van der Waals surface area (Å²) in [6.45, 7) is 6.19. The first-order valence-electron chi connectivity index (χ1n) is 8.89. The maximum atomic E-state index is 12.5. The van der Waals surface area contributed by atoms with E-state index >= 15 is 0 Å². The lowest BCUT2D eigenvalue weighted by Gasteiger charge is -2.33. The van der Waals surface area contributed by atoms with Gasteiger partial charge in [0.15, 0.2) is 0 Å². The predicted molar refractivity (Wildman–Crippen MR) is 86.6 cm³/mol. The van der Waals surface area contributed by atoms with Gasteiger partial charge < -0.3 is 9.84 Å². The summed E-state index contributed by atoms with van der Waals surface area (Å²) in [7, 11) is 0. The van der Waals surface area contributed by atoms with E-state index in [-0.39, 0.29) is 5.97 Å². The molecule has 1 aliphatic rings. The fraction of sp³-hybridized carbons (Fsp3) is 0.889. The van der Waals surface area contributed by atoms with Crippen LogP contribution in [0.5, 0.6) is 0 Å². The fourth-order valence-corrected chi connectivity index (χ4v) is 3.25. The van der Waals surface area contributed by atoms with E-state index in [1.807, 2.05) is 13.8 Å². The Morgan fingerprint density at radius 2 is 1.73 bits per heavy atom. The molecule has 0 aromatic carbocycles. The minimum absolute atomic E-state index is 0.299. The zero-order chi connectivity index (χ0) is 16.6. The summed E-state index contributed by atoms with van der Waals surface area (Å²) in [5.74, 6) is -2.19. The Morgan fingerprint density at radius 3 is 2.27 bits per heavy atom. The highest BCUT2D eigenvalue weighted by molar-refractivity contribution is 5.81. The van der Waals surface area contributed by atoms with Crippen molar-refractivity contribution in [2.24, 2.45) is 11.8 Å². The van der Waals surface area contributed by atoms with Crippen molar-refractivity contribution in [2.75, 3.05) is 0 Å². The molecule has 0 heterocycles. The molecule has 3 unspecified atom stereocenters. The first-order chi connectivity index (χ1) is 10.4. The molecule has 1 rings (SSSR count). The van der Waals surface area contributed by atoms with Gasteiger partial charge in [-0.05, 0) is 39.0 Å². The zero-order valence-electron chi connectivity index (χ0n) is 14.4. The van der Waals surface area contributed by atoms with Gasteiger partial charge >= 0.3 is 11.9 Å². The minimum Gasteiger partial charge on any atom is -0.481 e. The second-order valence-corrected chi connectivity index (χ2v) is 6.87. The molecule has 3 atom stereocenters. The lowest BCUT2D eigenvalue weighted by Crippen LogP contribution is -2.39. The van der Waals surface area contributed by atoms with Crippen molar-refractivity contribution in [3.63, 3.8) is 0 Å². The Kier molecular flexibility index (Phi) is 7.91. The van der Waals surface area contributed by atoms with Crippen LogP contribution in [-0.2, 0) is 14.3 Å². The van der Waals surface area contributed by atoms with Crippen molar-refractivity contribution < 1.29 is 19.4 Å². The van der Waals surface area contributed by atoms with Crippen molar-refractivity contribution in [3.8, 4) is 0 Å². The second kappa shape index (κ2) is 9.16. The van der Waals surface area contributed by atoms with Crippen molar-refractivity contribution in [1.29, 1.82) is 0 Å². The van der Waals surface area contributed by atoms with Gasteiger partial charge in [-0.25, -0.2) is 0 Å². The van der Waals surface area contributed by atoms with Gasteiger partial charge in [-0.1, -0.05) is 46.0 Å². The van der Waals surface area contributed by atoms with Gasteiger partial charge in [-0.3, -0.25) is 9.59 Å². The number of ether oxygens (including phenoxy) is 1. The first-order valence-corrected chi connectivity index (χ1v) is 8.89. The SMILES string of the molecule is CCCCCCC(C)(CC)OC(=O)C1CCCCC1C(=O)O. The van der Waals surface area contributed by atoms with Gasteiger partial charge in [-0.2, -0.15) is 0 Å². The third kappa shape index (κ3) is 5.62. The quantitative estimate of drug-likeness (QED) is 0.501. The maximum absolute atomic E-state index is 12.5. The lowest BCUT2D eigenvalue weighted by molar-refractivity contribution is -0.172. The molecule has 0 radical (unpaired) electrons. The van der Waals surface area contributed by atoms with Gasteiger partial charge in [0, 0.05) is 0 Å². The molecule has 0 bridgehead atoms. The number of carbonyl (C=O) groups excluding carboxylic acids is 1. The highest BCUT2D eigenvalue weighted by Gasteiger charge is 2.39. The van der Waals surface area contributed by atoms with E-state index in [0.29, 0.717) is 12.8 Å². The monoisotopic (exact) mass is 312 g/mol. The Hall–Kier alpha value is -1.06. The van der Waals surface area contributed by atoms with E-state index in [9.17, 15) is 14.7 Å². The van der Waals surface area contributed by atoms with Crippen LogP contribution in [0.4, 0.5) is 0 Å². The summed E-state index contributed by atoms with van der Waals surface area (Å²) in [5.41, 5.74) is -0.453. The van der Waals surface area contributed by atoms with Crippen LogP contribution in [0, 0.1) is 11.8 Å². The van der Waals surface area contributed by atoms with Gasteiger partial charge in [0.2, 0.25) is 0 Å². The molecule has 1 fully saturated rings. The standard InChI is InChI=1S/C18H32O4/c1-4-6-7-10-13-18(3,5-2)22-17(21)15-12-9-8-11-14(15)16(19)20/h14-15H,4-13H2,1-3H3,(H,19,20). The van der Waals surface area contributed by atoms with Crippen molar-refractivity contribution in [3.05, 3.63) is 0 Å². The predicted octanol–water partition coefficient (Wildman–Crippen LogP) is 4.56. The minimum atomic E-state index is -0.859. The number of carbonyl (C=O) groups is 2. The van der Waals surface area contributed by atoms with Gasteiger partial charge in [0.05, 0.1) is 11.8 Å². The average molecular weight is 312 g/mol. The Bertz CT molecular complexity index is 366. The fourth-order valence-electron chi connectivity index (χ4n) is 3.25. The third-order valence-electron chi connectivity index (χ3n) is 5.04. The molecule has 1 N–H and O–H groups in total. The molecule has 0 aliphatic heterocycles. The van der Waals surface area contributed by atoms with Crippen molar-refractivity contribution in [1.82, 2.24) is 0 Å². The van der Waals surface area contributed by atoms with Crippen LogP contribution in [0.15, 0.2) is 0 Å². The van der Waals surface area contributed by atoms with Crippen LogP contribution in [0.2, 0.25) is 0 Å². The summed E-state index contributed by atoms with van der Waals surface area (Å²) in [5, 5.41) is 9.31. The molecule has 0 saturated heterocycles. The highest BCUT2D eigenvalue weighted by atomic mass is 16.6. The summed E-state index contributed by atoms with van der Waals surface area (Å²) in [6.07, 6.45) is 9.28. The summed E-state index contributed by atoms with van der Waals surface area (Å²) < 4.78 is 5.78. The number of hydrogen-bond donors (Lipinski definition) is 1. The van der Waals surface area contributed by atoms with Gasteiger partial charge in [-0.15, -0.1) is 0 Å². The van der Waals surface area contributed by atoms with Crippen LogP contribution in [0.25, 0.3) is 0 Å². The van der Waals surface area contributed by atoms with Crippen LogP contribution in [-0.4, -0.2) is 22.6 Å². The van der Waals surface area contributed by atoms with E-state index in [4.69, 9.17) is 4.74 Å². The first kappa shape index (κ1) is 19.0. The molecule has 0 amide bonds. The smallest absolute Gasteiger partial charge is 0.310 e. The van der Waals surface area contributed by atoms with Crippen molar-refractivity contribution >= 4 is 11.9 Å². The number of carboxylic acids is 1. The second-order valence-electron chi connectivity index (χ2n) is 6.87. The molecule has 1 saturated carbocycles. The Morgan fingerprint density at radius 1 is 1.09 bits per heavy atom. The molecular weight excluding hydrogens is 280 g/mol. The number of esters is 1. The summed E-state index contributed by atoms with van der Waals surface area (Å²) in [4.78, 5) is 23.8. The largest absolute Gasteiger partial charge is 0.481 e. The van der Waals surface area contributed by atoms with E-state index in [2.05, 4.69) is 6.92 Å². The van der Waals surface area contributed by atoms with Crippen LogP contribution in [0.3, 0.4) is 0 Å². The summed E-state index contributed by atoms with van der Waals surface area (Å²) in [6, 6.07) is 0. The van der Waals surface area contributed by atoms with Crippen LogP contribution in [0.1, 0.15) is 85.0 Å². The van der Waals surface area contributed by atoms with Crippen molar-refractivity contribution in [2.45, 2.75) is 90.6 Å². The van der Waals surface area contributed by atoms with E-state index in [1.54, 1.807) is 0 Å². The highest BCUT2D eigenvalue weighted by Crippen LogP contribution is 2.34. The summed E-state index contributed by atoms with van der Waals surface area (Å²) >= 11 is 0. The van der Waals surface area contributed by atoms with Gasteiger partial charge in [0.25, 0.3) is 0 Å². The van der Waals surface area contributed by atoms with Crippen LogP contribution >= 0.6 is 0 Å². The molecule has 0 aromatic heterocycles. The zero-order valence-corrected chi connectivity index (χ0v) is 14.4. The number of hydrogen-bond acceptors (Lipinski definition) is 3. The van der Waals surface area contributed by atoms with Crippen LogP contribution < -0.4 is 0 Å². The average Bonchev–Trinajstić information content (AvgIpc) is 2.51. The van der Waals surface area contributed by atoms with E-state index in [1.165, 1.54) is 12.8 Å².